The number of hydrogen-bond donors (Lipinski definition) is 0. The van der Waals surface area contributed by atoms with Crippen molar-refractivity contribution in [1.82, 2.24) is 19.3 Å². The highest BCUT2D eigenvalue weighted by atomic mass is 16.5. The molecule has 0 saturated carbocycles. The smallest absolute Gasteiger partial charge is 0.141 e. The molecule has 0 N–H and O–H groups in total. The molecule has 6 nitrogen and oxygen atoms in total. The van der Waals surface area contributed by atoms with Crippen LogP contribution >= 0.6 is 0 Å². The Kier molecular flexibility index (Phi) is 10.9. The molecule has 0 aliphatic carbocycles. The lowest BCUT2D eigenvalue weighted by atomic mass is 9.79. The minimum absolute atomic E-state index is 0.114. The summed E-state index contributed by atoms with van der Waals surface area (Å²) in [5.74, 6) is 4.25. The third-order valence-electron chi connectivity index (χ3n) is 12.1. The molecule has 3 aromatic heterocycles. The lowest BCUT2D eigenvalue weighted by Gasteiger charge is -2.25. The Hall–Kier alpha value is -5.36. The van der Waals surface area contributed by atoms with Crippen molar-refractivity contribution in [2.45, 2.75) is 100 Å². The maximum atomic E-state index is 6.80. The molecule has 0 amide bonds. The van der Waals surface area contributed by atoms with Gasteiger partial charge >= 0.3 is 0 Å². The fourth-order valence-corrected chi connectivity index (χ4v) is 7.98. The van der Waals surface area contributed by atoms with E-state index < -0.39 is 0 Å². The van der Waals surface area contributed by atoms with Crippen LogP contribution in [0.4, 0.5) is 0 Å². The molecule has 3 heterocycles. The van der Waals surface area contributed by atoms with Gasteiger partial charge in [-0.1, -0.05) is 79.5 Å². The molecule has 0 fully saturated rings. The van der Waals surface area contributed by atoms with Gasteiger partial charge in [0.05, 0.1) is 30.0 Å². The summed E-state index contributed by atoms with van der Waals surface area (Å²) in [5, 5.41) is 7.35. The van der Waals surface area contributed by atoms with Crippen LogP contribution in [0.3, 0.4) is 0 Å². The van der Waals surface area contributed by atoms with Gasteiger partial charge < -0.3 is 9.47 Å². The van der Waals surface area contributed by atoms with Crippen molar-refractivity contribution in [2.75, 3.05) is 7.11 Å². The van der Waals surface area contributed by atoms with E-state index in [-0.39, 0.29) is 5.41 Å². The number of pyridine rings is 1. The molecule has 0 radical (unpaired) electrons. The second-order valence-corrected chi connectivity index (χ2v) is 17.0. The summed E-state index contributed by atoms with van der Waals surface area (Å²) < 4.78 is 16.6. The maximum absolute atomic E-state index is 6.80. The molecule has 0 aliphatic rings. The largest absolute Gasteiger partial charge is 0.497 e. The Morgan fingerprint density at radius 1 is 0.714 bits per heavy atom. The first-order chi connectivity index (χ1) is 26.8. The van der Waals surface area contributed by atoms with Crippen LogP contribution in [-0.2, 0) is 18.3 Å². The van der Waals surface area contributed by atoms with Gasteiger partial charge in [0.2, 0.25) is 0 Å². The zero-order valence-electron chi connectivity index (χ0n) is 35.2. The highest BCUT2D eigenvalue weighted by Crippen LogP contribution is 2.40. The number of nitrogens with zero attached hydrogens (tertiary/aromatic N) is 4. The lowest BCUT2D eigenvalue weighted by molar-refractivity contribution is 0.414. The third kappa shape index (κ3) is 7.46. The molecule has 4 aromatic carbocycles. The molecule has 7 aromatic rings. The zero-order valence-corrected chi connectivity index (χ0v) is 35.2. The van der Waals surface area contributed by atoms with E-state index in [9.17, 15) is 0 Å². The fraction of sp³-hybridized carbons (Fsp3) is 0.360. The van der Waals surface area contributed by atoms with E-state index in [1.807, 2.05) is 16.8 Å². The van der Waals surface area contributed by atoms with Crippen LogP contribution in [0, 0.1) is 32.6 Å². The molecule has 0 aliphatic heterocycles. The molecule has 0 saturated heterocycles. The van der Waals surface area contributed by atoms with Gasteiger partial charge in [0.1, 0.15) is 23.1 Å². The predicted molar refractivity (Wildman–Crippen MR) is 233 cm³/mol. The molecule has 56 heavy (non-hydrogen) atoms. The lowest BCUT2D eigenvalue weighted by Crippen LogP contribution is -2.12. The van der Waals surface area contributed by atoms with Crippen LogP contribution < -0.4 is 9.47 Å². The van der Waals surface area contributed by atoms with E-state index in [1.54, 1.807) is 13.3 Å². The molecular formula is C50H58N4O2. The van der Waals surface area contributed by atoms with Crippen molar-refractivity contribution in [3.05, 3.63) is 125 Å². The standard InChI is InChI=1S/C50H58N4O2/c1-12-31(3)22-44-34(6)33(5)35(7)45(23-32(4)13-2)49(44)36-29-52-53(30-36)38-24-37(50(8,9)10)25-41(26-38)56-40-18-19-43-42-16-14-15-17-46(42)54(47(43)27-40)48-28-39(55-11)20-21-51-48/h14-21,24-32H,12-13,22-23H2,1-11H3. The molecule has 7 rings (SSSR count). The summed E-state index contributed by atoms with van der Waals surface area (Å²) in [6.45, 7) is 23.1. The van der Waals surface area contributed by atoms with E-state index in [0.717, 1.165) is 76.2 Å². The van der Waals surface area contributed by atoms with Crippen molar-refractivity contribution in [2.24, 2.45) is 11.8 Å². The number of para-hydroxylation sites is 1. The van der Waals surface area contributed by atoms with Crippen LogP contribution in [0.1, 0.15) is 94.7 Å². The van der Waals surface area contributed by atoms with Crippen LogP contribution in [0.5, 0.6) is 17.2 Å². The molecule has 290 valence electrons. The van der Waals surface area contributed by atoms with Gasteiger partial charge in [0.25, 0.3) is 0 Å². The van der Waals surface area contributed by atoms with Crippen LogP contribution in [-0.4, -0.2) is 26.4 Å². The number of benzene rings is 4. The van der Waals surface area contributed by atoms with E-state index in [1.165, 1.54) is 44.5 Å². The number of ether oxygens (including phenoxy) is 2. The van der Waals surface area contributed by atoms with Gasteiger partial charge in [-0.15, -0.1) is 0 Å². The van der Waals surface area contributed by atoms with Crippen LogP contribution in [0.15, 0.2) is 91.4 Å². The van der Waals surface area contributed by atoms with Crippen molar-refractivity contribution < 1.29 is 9.47 Å². The van der Waals surface area contributed by atoms with E-state index >= 15 is 0 Å². The monoisotopic (exact) mass is 746 g/mol. The quantitative estimate of drug-likeness (QED) is 0.125. The van der Waals surface area contributed by atoms with Gasteiger partial charge in [0.15, 0.2) is 0 Å². The minimum Gasteiger partial charge on any atom is -0.497 e. The van der Waals surface area contributed by atoms with Crippen LogP contribution in [0.2, 0.25) is 0 Å². The van der Waals surface area contributed by atoms with Crippen molar-refractivity contribution in [1.29, 1.82) is 0 Å². The second kappa shape index (κ2) is 15.6. The first-order valence-electron chi connectivity index (χ1n) is 20.3. The molecule has 6 heteroatoms. The summed E-state index contributed by atoms with van der Waals surface area (Å²) >= 11 is 0. The number of rotatable bonds is 12. The average molecular weight is 747 g/mol. The zero-order chi connectivity index (χ0) is 39.9. The minimum atomic E-state index is -0.114. The van der Waals surface area contributed by atoms with E-state index in [2.05, 4.69) is 147 Å². The normalized spacial score (nSPS) is 13.1. The Labute approximate surface area is 333 Å². The number of methoxy groups -OCH3 is 1. The Morgan fingerprint density at radius 2 is 1.39 bits per heavy atom. The highest BCUT2D eigenvalue weighted by molar-refractivity contribution is 6.09. The Balaban J connectivity index is 1.33. The van der Waals surface area contributed by atoms with Gasteiger partial charge in [0, 0.05) is 46.9 Å². The topological polar surface area (TPSA) is 54.1 Å². The summed E-state index contributed by atoms with van der Waals surface area (Å²) in [6.07, 6.45) is 10.5. The first-order valence-corrected chi connectivity index (χ1v) is 20.3. The molecule has 0 bridgehead atoms. The average Bonchev–Trinajstić information content (AvgIpc) is 3.81. The fourth-order valence-electron chi connectivity index (χ4n) is 7.98. The van der Waals surface area contributed by atoms with E-state index in [0.29, 0.717) is 11.8 Å². The molecular weight excluding hydrogens is 689 g/mol. The molecule has 0 spiro atoms. The van der Waals surface area contributed by atoms with Gasteiger partial charge in [-0.2, -0.15) is 5.10 Å². The maximum Gasteiger partial charge on any atom is 0.141 e. The summed E-state index contributed by atoms with van der Waals surface area (Å²) in [5.41, 5.74) is 13.9. The summed E-state index contributed by atoms with van der Waals surface area (Å²) in [4.78, 5) is 4.74. The number of aromatic nitrogens is 4. The third-order valence-corrected chi connectivity index (χ3v) is 12.1. The summed E-state index contributed by atoms with van der Waals surface area (Å²) in [7, 11) is 1.68. The Bertz CT molecular complexity index is 2490. The highest BCUT2D eigenvalue weighted by Gasteiger charge is 2.24. The van der Waals surface area contributed by atoms with Crippen molar-refractivity contribution in [3.8, 4) is 39.9 Å². The van der Waals surface area contributed by atoms with Gasteiger partial charge in [-0.3, -0.25) is 4.57 Å². The van der Waals surface area contributed by atoms with Crippen LogP contribution in [0.25, 0.3) is 44.4 Å². The number of hydrogen-bond acceptors (Lipinski definition) is 4. The SMILES string of the molecule is CCC(C)Cc1c(C)c(C)c(C)c(CC(C)CC)c1-c1cnn(-c2cc(Oc3ccc4c5ccccc5n(-c5cc(OC)ccn5)c4c3)cc(C(C)(C)C)c2)c1. The predicted octanol–water partition coefficient (Wildman–Crippen LogP) is 13.2. The van der Waals surface area contributed by atoms with Crippen molar-refractivity contribution >= 4 is 21.8 Å². The summed E-state index contributed by atoms with van der Waals surface area (Å²) in [6, 6.07) is 25.1. The van der Waals surface area contributed by atoms with E-state index in [4.69, 9.17) is 19.6 Å². The van der Waals surface area contributed by atoms with Gasteiger partial charge in [-0.05, 0) is 126 Å². The second-order valence-electron chi connectivity index (χ2n) is 17.0. The van der Waals surface area contributed by atoms with Crippen molar-refractivity contribution in [3.63, 3.8) is 0 Å². The Morgan fingerprint density at radius 3 is 2.05 bits per heavy atom. The number of fused-ring (bicyclic) bond motifs is 3. The van der Waals surface area contributed by atoms with Gasteiger partial charge in [-0.25, -0.2) is 9.67 Å². The first kappa shape index (κ1) is 38.9. The molecule has 2 unspecified atom stereocenters. The molecule has 2 atom stereocenters.